The number of hydrogen-bond donors (Lipinski definition) is 2. The largest absolute Gasteiger partial charge is 0.726 e. The van der Waals surface area contributed by atoms with Gasteiger partial charge in [0.05, 0.1) is 7.05 Å². The molecule has 1 aromatic rings. The van der Waals surface area contributed by atoms with Crippen LogP contribution in [0.1, 0.15) is 0 Å². The van der Waals surface area contributed by atoms with Crippen molar-refractivity contribution >= 4 is 16.4 Å². The molecule has 9 heteroatoms. The van der Waals surface area contributed by atoms with Crippen molar-refractivity contribution in [3.05, 3.63) is 18.7 Å². The fraction of sp³-hybridized carbons (Fsp3) is 0.333. The van der Waals surface area contributed by atoms with E-state index in [1.165, 1.54) is 0 Å². The van der Waals surface area contributed by atoms with Crippen LogP contribution in [0, 0.1) is 0 Å². The van der Waals surface area contributed by atoms with E-state index in [1.807, 2.05) is 7.05 Å². The summed E-state index contributed by atoms with van der Waals surface area (Å²) >= 11 is 0. The zero-order valence-corrected chi connectivity index (χ0v) is 8.59. The summed E-state index contributed by atoms with van der Waals surface area (Å²) in [4.78, 5) is 10.1. The lowest BCUT2D eigenvalue weighted by molar-refractivity contribution is -0.671. The molecular weight excluding hydrogens is 228 g/mol. The molecule has 0 radical (unpaired) electrons. The predicted molar refractivity (Wildman–Crippen MR) is 45.6 cm³/mol. The number of carboxylic acids is 1. The highest BCUT2D eigenvalue weighted by molar-refractivity contribution is 7.79. The van der Waals surface area contributed by atoms with Crippen LogP contribution in [0.25, 0.3) is 0 Å². The molecule has 0 saturated carbocycles. The van der Waals surface area contributed by atoms with Crippen LogP contribution in [-0.2, 0) is 28.8 Å². The van der Waals surface area contributed by atoms with Gasteiger partial charge in [-0.25, -0.2) is 22.3 Å². The molecular formula is C6H10N2O6S. The molecule has 8 nitrogen and oxygen atoms in total. The van der Waals surface area contributed by atoms with Crippen molar-refractivity contribution in [2.75, 3.05) is 0 Å². The standard InChI is InChI=1S/C6H8N2O2.H2O4S/c1-7-2-3-8(5-7)4-6(9)10;1-5(2,3)4/h2-3,5H,4H2,1H3;(H2,1,2,3,4). The highest BCUT2D eigenvalue weighted by atomic mass is 32.3. The Morgan fingerprint density at radius 2 is 2.07 bits per heavy atom. The monoisotopic (exact) mass is 238 g/mol. The van der Waals surface area contributed by atoms with E-state index in [-0.39, 0.29) is 6.54 Å². The SMILES string of the molecule is C[n+]1ccn(CC(=O)O)c1.O=S(=O)([O-])O. The van der Waals surface area contributed by atoms with Gasteiger partial charge in [0.2, 0.25) is 16.7 Å². The molecule has 0 atom stereocenters. The fourth-order valence-corrected chi connectivity index (χ4v) is 0.751. The molecule has 0 unspecified atom stereocenters. The number of aromatic nitrogens is 2. The average Bonchev–Trinajstić information content (AvgIpc) is 2.29. The number of aliphatic carboxylic acids is 1. The Kier molecular flexibility index (Phi) is 4.91. The quantitative estimate of drug-likeness (QED) is 0.363. The first kappa shape index (κ1) is 13.5. The lowest BCUT2D eigenvalue weighted by Crippen LogP contribution is -2.24. The van der Waals surface area contributed by atoms with E-state index in [0.29, 0.717) is 0 Å². The number of rotatable bonds is 2. The number of carboxylic acid groups (broad SMARTS) is 1. The maximum atomic E-state index is 10.1. The Hall–Kier alpha value is -1.45. The Labute approximate surface area is 86.0 Å². The molecule has 0 fully saturated rings. The minimum Gasteiger partial charge on any atom is -0.726 e. The number of carbonyl (C=O) groups is 1. The summed E-state index contributed by atoms with van der Waals surface area (Å²) in [6, 6.07) is 0. The summed E-state index contributed by atoms with van der Waals surface area (Å²) in [6.45, 7) is 0.0286. The van der Waals surface area contributed by atoms with Gasteiger partial charge in [-0.2, -0.15) is 0 Å². The van der Waals surface area contributed by atoms with Gasteiger partial charge in [-0.05, 0) is 0 Å². The van der Waals surface area contributed by atoms with Crippen LogP contribution in [-0.4, -0.2) is 33.2 Å². The van der Waals surface area contributed by atoms with E-state index in [2.05, 4.69) is 0 Å². The number of hydrogen-bond acceptors (Lipinski definition) is 4. The second kappa shape index (κ2) is 5.44. The van der Waals surface area contributed by atoms with Crippen molar-refractivity contribution in [1.82, 2.24) is 4.57 Å². The molecule has 1 aromatic heterocycles. The molecule has 0 amide bonds. The Morgan fingerprint density at radius 1 is 1.60 bits per heavy atom. The minimum atomic E-state index is -4.92. The highest BCUT2D eigenvalue weighted by Gasteiger charge is 2.03. The van der Waals surface area contributed by atoms with Crippen LogP contribution in [0.15, 0.2) is 18.7 Å². The Bertz CT molecular complexity index is 415. The van der Waals surface area contributed by atoms with Gasteiger partial charge in [-0.3, -0.25) is 4.55 Å². The molecule has 0 aliphatic carbocycles. The topological polar surface area (TPSA) is 124 Å². The normalized spacial score (nSPS) is 10.3. The molecule has 0 aromatic carbocycles. The maximum Gasteiger partial charge on any atom is 0.346 e. The zero-order chi connectivity index (χ0) is 12.1. The van der Waals surface area contributed by atoms with Crippen molar-refractivity contribution in [3.8, 4) is 0 Å². The predicted octanol–water partition coefficient (Wildman–Crippen LogP) is -1.60. The van der Waals surface area contributed by atoms with Crippen LogP contribution in [0.3, 0.4) is 0 Å². The smallest absolute Gasteiger partial charge is 0.346 e. The molecule has 15 heavy (non-hydrogen) atoms. The van der Waals surface area contributed by atoms with Crippen molar-refractivity contribution in [3.63, 3.8) is 0 Å². The van der Waals surface area contributed by atoms with E-state index < -0.39 is 16.4 Å². The van der Waals surface area contributed by atoms with E-state index in [1.54, 1.807) is 27.9 Å². The minimum absolute atomic E-state index is 0.0286. The number of aryl methyl sites for hydroxylation is 1. The van der Waals surface area contributed by atoms with E-state index in [0.717, 1.165) is 0 Å². The van der Waals surface area contributed by atoms with Gasteiger partial charge >= 0.3 is 5.97 Å². The van der Waals surface area contributed by atoms with Crippen molar-refractivity contribution in [1.29, 1.82) is 0 Å². The molecule has 0 aliphatic heterocycles. The van der Waals surface area contributed by atoms with Crippen molar-refractivity contribution in [2.24, 2.45) is 7.05 Å². The lowest BCUT2D eigenvalue weighted by Gasteiger charge is -1.88. The lowest BCUT2D eigenvalue weighted by atomic mass is 10.6. The van der Waals surface area contributed by atoms with Gasteiger partial charge in [0.1, 0.15) is 12.4 Å². The van der Waals surface area contributed by atoms with Crippen LogP contribution >= 0.6 is 0 Å². The van der Waals surface area contributed by atoms with Gasteiger partial charge in [0.25, 0.3) is 0 Å². The molecule has 1 rings (SSSR count). The second-order valence-electron chi connectivity index (χ2n) is 2.57. The molecule has 0 bridgehead atoms. The summed E-state index contributed by atoms with van der Waals surface area (Å²) in [6.07, 6.45) is 5.23. The van der Waals surface area contributed by atoms with Crippen LogP contribution in [0.4, 0.5) is 0 Å². The van der Waals surface area contributed by atoms with Gasteiger partial charge in [-0.1, -0.05) is 0 Å². The van der Waals surface area contributed by atoms with Crippen molar-refractivity contribution in [2.45, 2.75) is 6.54 Å². The first-order valence-corrected chi connectivity index (χ1v) is 4.96. The first-order chi connectivity index (χ1) is 6.68. The third-order valence-electron chi connectivity index (χ3n) is 1.14. The first-order valence-electron chi connectivity index (χ1n) is 3.59. The third kappa shape index (κ3) is 10.5. The molecule has 0 spiro atoms. The van der Waals surface area contributed by atoms with Crippen LogP contribution in [0.5, 0.6) is 0 Å². The van der Waals surface area contributed by atoms with Gasteiger partial charge in [0.15, 0.2) is 6.54 Å². The molecule has 0 aliphatic rings. The Balaban J connectivity index is 0.000000336. The second-order valence-corrected chi connectivity index (χ2v) is 3.43. The van der Waals surface area contributed by atoms with Crippen molar-refractivity contribution < 1.29 is 32.0 Å². The molecule has 2 N–H and O–H groups in total. The summed E-state index contributed by atoms with van der Waals surface area (Å²) in [5.41, 5.74) is 0. The van der Waals surface area contributed by atoms with Gasteiger partial charge < -0.3 is 9.66 Å². The molecule has 86 valence electrons. The van der Waals surface area contributed by atoms with Crippen LogP contribution < -0.4 is 4.57 Å². The summed E-state index contributed by atoms with van der Waals surface area (Å²) in [5.74, 6) is -0.823. The summed E-state index contributed by atoms with van der Waals surface area (Å²) < 4.78 is 36.2. The van der Waals surface area contributed by atoms with E-state index in [9.17, 15) is 4.79 Å². The summed E-state index contributed by atoms with van der Waals surface area (Å²) in [7, 11) is -3.07. The summed E-state index contributed by atoms with van der Waals surface area (Å²) in [5, 5.41) is 8.35. The average molecular weight is 238 g/mol. The van der Waals surface area contributed by atoms with E-state index in [4.69, 9.17) is 22.6 Å². The van der Waals surface area contributed by atoms with Gasteiger partial charge in [-0.15, -0.1) is 0 Å². The van der Waals surface area contributed by atoms with Crippen LogP contribution in [0.2, 0.25) is 0 Å². The Morgan fingerprint density at radius 3 is 2.33 bits per heavy atom. The third-order valence-corrected chi connectivity index (χ3v) is 1.14. The number of imidazole rings is 1. The fourth-order valence-electron chi connectivity index (χ4n) is 0.751. The highest BCUT2D eigenvalue weighted by Crippen LogP contribution is 1.81. The number of nitrogens with zero attached hydrogens (tertiary/aromatic N) is 2. The zero-order valence-electron chi connectivity index (χ0n) is 7.77. The molecule has 1 heterocycles. The van der Waals surface area contributed by atoms with E-state index >= 15 is 0 Å². The van der Waals surface area contributed by atoms with Gasteiger partial charge in [0, 0.05) is 0 Å². The maximum absolute atomic E-state index is 10.1. The molecule has 0 saturated heterocycles.